The Bertz CT molecular complexity index is 431. The van der Waals surface area contributed by atoms with Crippen molar-refractivity contribution in [2.24, 2.45) is 0 Å². The van der Waals surface area contributed by atoms with E-state index in [1.807, 2.05) is 13.1 Å². The number of rotatable bonds is 0. The first-order chi connectivity index (χ1) is 5.70. The zero-order valence-electron chi connectivity index (χ0n) is 6.98. The highest BCUT2D eigenvalue weighted by atomic mass is 35.5. The number of aromatic nitrogens is 2. The maximum absolute atomic E-state index is 5.90. The fraction of sp³-hybridized carbons (Fsp3) is 0.222. The second-order valence-electron chi connectivity index (χ2n) is 2.95. The summed E-state index contributed by atoms with van der Waals surface area (Å²) < 4.78 is 0. The molecule has 12 heavy (non-hydrogen) atoms. The molecule has 2 aromatic heterocycles. The smallest absolute Gasteiger partial charge is 0.153 e. The molecule has 0 amide bonds. The topological polar surface area (TPSA) is 28.7 Å². The predicted molar refractivity (Wildman–Crippen MR) is 50.6 cm³/mol. The molecular formula is C9H9ClN2. The number of halogens is 1. The number of H-pyrrole nitrogens is 1. The Labute approximate surface area is 75.6 Å². The first-order valence-corrected chi connectivity index (χ1v) is 4.16. The molecule has 0 bridgehead atoms. The van der Waals surface area contributed by atoms with E-state index in [9.17, 15) is 0 Å². The van der Waals surface area contributed by atoms with Crippen LogP contribution in [0, 0.1) is 13.8 Å². The van der Waals surface area contributed by atoms with E-state index in [1.54, 1.807) is 6.20 Å². The molecule has 0 aliphatic rings. The molecule has 0 radical (unpaired) electrons. The van der Waals surface area contributed by atoms with Crippen LogP contribution in [-0.4, -0.2) is 9.97 Å². The maximum atomic E-state index is 5.90. The summed E-state index contributed by atoms with van der Waals surface area (Å²) in [4.78, 5) is 7.16. The van der Waals surface area contributed by atoms with Crippen LogP contribution in [0.25, 0.3) is 10.9 Å². The van der Waals surface area contributed by atoms with Crippen LogP contribution in [0.3, 0.4) is 0 Å². The standard InChI is InChI=1S/C9H9ClN2/c1-5-3-11-8-7(5)6(2)4-12-9(8)10/h3-4,11H,1-2H3. The number of pyridine rings is 1. The third-order valence-electron chi connectivity index (χ3n) is 2.05. The Morgan fingerprint density at radius 2 is 2.08 bits per heavy atom. The van der Waals surface area contributed by atoms with Gasteiger partial charge in [-0.15, -0.1) is 0 Å². The van der Waals surface area contributed by atoms with E-state index in [4.69, 9.17) is 11.6 Å². The summed E-state index contributed by atoms with van der Waals surface area (Å²) in [6, 6.07) is 0. The van der Waals surface area contributed by atoms with Crippen molar-refractivity contribution in [1.29, 1.82) is 0 Å². The van der Waals surface area contributed by atoms with E-state index in [2.05, 4.69) is 16.9 Å². The van der Waals surface area contributed by atoms with Crippen molar-refractivity contribution >= 4 is 22.5 Å². The molecule has 1 N–H and O–H groups in total. The normalized spacial score (nSPS) is 10.9. The SMILES string of the molecule is Cc1cnc(Cl)c2[nH]cc(C)c12. The van der Waals surface area contributed by atoms with Crippen LogP contribution in [-0.2, 0) is 0 Å². The van der Waals surface area contributed by atoms with Crippen LogP contribution in [0.15, 0.2) is 12.4 Å². The van der Waals surface area contributed by atoms with Gasteiger partial charge in [-0.05, 0) is 25.0 Å². The quantitative estimate of drug-likeness (QED) is 0.621. The van der Waals surface area contributed by atoms with Gasteiger partial charge in [-0.1, -0.05) is 11.6 Å². The van der Waals surface area contributed by atoms with Gasteiger partial charge in [0.05, 0.1) is 5.52 Å². The van der Waals surface area contributed by atoms with Gasteiger partial charge in [0, 0.05) is 17.8 Å². The summed E-state index contributed by atoms with van der Waals surface area (Å²) >= 11 is 5.90. The summed E-state index contributed by atoms with van der Waals surface area (Å²) in [5, 5.41) is 1.73. The number of nitrogens with zero attached hydrogens (tertiary/aromatic N) is 1. The van der Waals surface area contributed by atoms with Crippen LogP contribution < -0.4 is 0 Å². The van der Waals surface area contributed by atoms with Gasteiger partial charge in [0.15, 0.2) is 5.15 Å². The molecule has 3 heteroatoms. The molecule has 0 aromatic carbocycles. The van der Waals surface area contributed by atoms with Crippen LogP contribution >= 0.6 is 11.6 Å². The number of hydrogen-bond donors (Lipinski definition) is 1. The van der Waals surface area contributed by atoms with E-state index >= 15 is 0 Å². The minimum absolute atomic E-state index is 0.545. The van der Waals surface area contributed by atoms with Crippen molar-refractivity contribution < 1.29 is 0 Å². The minimum atomic E-state index is 0.545. The highest BCUT2D eigenvalue weighted by Gasteiger charge is 2.06. The second-order valence-corrected chi connectivity index (χ2v) is 3.31. The van der Waals surface area contributed by atoms with Gasteiger partial charge >= 0.3 is 0 Å². The fourth-order valence-corrected chi connectivity index (χ4v) is 1.67. The number of hydrogen-bond acceptors (Lipinski definition) is 1. The maximum Gasteiger partial charge on any atom is 0.153 e. The van der Waals surface area contributed by atoms with Crippen LogP contribution in [0.2, 0.25) is 5.15 Å². The van der Waals surface area contributed by atoms with Crippen LogP contribution in [0.5, 0.6) is 0 Å². The van der Waals surface area contributed by atoms with Gasteiger partial charge in [0.25, 0.3) is 0 Å². The van der Waals surface area contributed by atoms with E-state index in [1.165, 1.54) is 10.9 Å². The van der Waals surface area contributed by atoms with Crippen molar-refractivity contribution in [2.75, 3.05) is 0 Å². The lowest BCUT2D eigenvalue weighted by Gasteiger charge is -1.97. The van der Waals surface area contributed by atoms with E-state index < -0.39 is 0 Å². The number of fused-ring (bicyclic) bond motifs is 1. The second kappa shape index (κ2) is 2.49. The fourth-order valence-electron chi connectivity index (χ4n) is 1.48. The summed E-state index contributed by atoms with van der Waals surface area (Å²) in [6.45, 7) is 4.09. The van der Waals surface area contributed by atoms with Gasteiger partial charge in [0.2, 0.25) is 0 Å². The number of aromatic amines is 1. The Morgan fingerprint density at radius 1 is 1.33 bits per heavy atom. The number of aryl methyl sites for hydroxylation is 2. The molecule has 62 valence electrons. The van der Waals surface area contributed by atoms with Gasteiger partial charge in [-0.2, -0.15) is 0 Å². The van der Waals surface area contributed by atoms with Crippen molar-refractivity contribution in [2.45, 2.75) is 13.8 Å². The highest BCUT2D eigenvalue weighted by Crippen LogP contribution is 2.25. The lowest BCUT2D eigenvalue weighted by Crippen LogP contribution is -1.82. The van der Waals surface area contributed by atoms with Crippen molar-refractivity contribution in [3.63, 3.8) is 0 Å². The molecule has 2 nitrogen and oxygen atoms in total. The highest BCUT2D eigenvalue weighted by molar-refractivity contribution is 6.34. The van der Waals surface area contributed by atoms with Crippen molar-refractivity contribution in [3.05, 3.63) is 28.7 Å². The lowest BCUT2D eigenvalue weighted by molar-refractivity contribution is 1.29. The molecule has 0 unspecified atom stereocenters. The summed E-state index contributed by atoms with van der Waals surface area (Å²) in [6.07, 6.45) is 3.75. The van der Waals surface area contributed by atoms with Gasteiger partial charge in [-0.3, -0.25) is 0 Å². The van der Waals surface area contributed by atoms with E-state index in [0.29, 0.717) is 5.15 Å². The average molecular weight is 181 g/mol. The van der Waals surface area contributed by atoms with Crippen LogP contribution in [0.1, 0.15) is 11.1 Å². The Kier molecular flexibility index (Phi) is 1.58. The molecule has 0 atom stereocenters. The summed E-state index contributed by atoms with van der Waals surface area (Å²) in [5.74, 6) is 0. The van der Waals surface area contributed by atoms with Gasteiger partial charge < -0.3 is 4.98 Å². The first-order valence-electron chi connectivity index (χ1n) is 3.79. The third kappa shape index (κ3) is 0.916. The summed E-state index contributed by atoms with van der Waals surface area (Å²) in [5.41, 5.74) is 3.31. The zero-order chi connectivity index (χ0) is 8.72. The number of nitrogens with one attached hydrogen (secondary N) is 1. The molecule has 0 fully saturated rings. The van der Waals surface area contributed by atoms with Crippen molar-refractivity contribution in [3.8, 4) is 0 Å². The van der Waals surface area contributed by atoms with E-state index in [0.717, 1.165) is 11.1 Å². The third-order valence-corrected chi connectivity index (χ3v) is 2.34. The molecule has 0 saturated heterocycles. The molecular weight excluding hydrogens is 172 g/mol. The predicted octanol–water partition coefficient (Wildman–Crippen LogP) is 2.83. The average Bonchev–Trinajstić information content (AvgIpc) is 2.42. The Balaban J connectivity index is 2.98. The molecule has 0 aliphatic carbocycles. The molecule has 2 aromatic rings. The minimum Gasteiger partial charge on any atom is -0.358 e. The largest absolute Gasteiger partial charge is 0.358 e. The molecule has 0 spiro atoms. The Morgan fingerprint density at radius 3 is 2.75 bits per heavy atom. The molecule has 0 aliphatic heterocycles. The van der Waals surface area contributed by atoms with Gasteiger partial charge in [-0.25, -0.2) is 4.98 Å². The molecule has 2 rings (SSSR count). The summed E-state index contributed by atoms with van der Waals surface area (Å²) in [7, 11) is 0. The van der Waals surface area contributed by atoms with E-state index in [-0.39, 0.29) is 0 Å². The Hall–Kier alpha value is -1.02. The molecule has 2 heterocycles. The lowest BCUT2D eigenvalue weighted by atomic mass is 10.1. The monoisotopic (exact) mass is 180 g/mol. The van der Waals surface area contributed by atoms with Crippen molar-refractivity contribution in [1.82, 2.24) is 9.97 Å². The first kappa shape index (κ1) is 7.62. The molecule has 0 saturated carbocycles. The zero-order valence-corrected chi connectivity index (χ0v) is 7.74. The van der Waals surface area contributed by atoms with Gasteiger partial charge in [0.1, 0.15) is 0 Å². The van der Waals surface area contributed by atoms with Crippen LogP contribution in [0.4, 0.5) is 0 Å².